The van der Waals surface area contributed by atoms with Crippen molar-refractivity contribution >= 4 is 5.91 Å². The van der Waals surface area contributed by atoms with Crippen LogP contribution in [0, 0.1) is 5.92 Å². The molecule has 1 saturated heterocycles. The van der Waals surface area contributed by atoms with Crippen LogP contribution < -0.4 is 5.32 Å². The molecule has 0 unspecified atom stereocenters. The molecule has 2 fully saturated rings. The Hall–Kier alpha value is -0.650. The molecule has 19 heavy (non-hydrogen) atoms. The summed E-state index contributed by atoms with van der Waals surface area (Å²) in [5, 5.41) is 12.6. The van der Waals surface area contributed by atoms with Gasteiger partial charge in [0.15, 0.2) is 0 Å². The Morgan fingerprint density at radius 3 is 2.47 bits per heavy atom. The summed E-state index contributed by atoms with van der Waals surface area (Å²) in [5.74, 6) is 0.665. The molecular formula is C14H27N3O2. The molecule has 2 N–H and O–H groups in total. The number of rotatable bonds is 4. The summed E-state index contributed by atoms with van der Waals surface area (Å²) >= 11 is 0. The molecule has 1 amide bonds. The van der Waals surface area contributed by atoms with Crippen molar-refractivity contribution in [2.24, 2.45) is 5.92 Å². The predicted molar refractivity (Wildman–Crippen MR) is 74.9 cm³/mol. The number of nitrogens with one attached hydrogen (secondary N) is 1. The highest BCUT2D eigenvalue weighted by Gasteiger charge is 2.38. The van der Waals surface area contributed by atoms with Crippen molar-refractivity contribution in [3.05, 3.63) is 0 Å². The second kappa shape index (κ2) is 5.77. The van der Waals surface area contributed by atoms with Gasteiger partial charge in [0, 0.05) is 39.8 Å². The molecule has 1 aliphatic carbocycles. The van der Waals surface area contributed by atoms with Gasteiger partial charge in [-0.3, -0.25) is 9.69 Å². The first-order valence-electron chi connectivity index (χ1n) is 7.30. The van der Waals surface area contributed by atoms with E-state index in [9.17, 15) is 9.90 Å². The van der Waals surface area contributed by atoms with E-state index in [4.69, 9.17) is 0 Å². The van der Waals surface area contributed by atoms with Crippen LogP contribution in [0.3, 0.4) is 0 Å². The number of aliphatic hydroxyl groups excluding tert-OH is 1. The Kier molecular flexibility index (Phi) is 4.48. The number of hydrogen-bond acceptors (Lipinski definition) is 4. The van der Waals surface area contributed by atoms with E-state index >= 15 is 0 Å². The van der Waals surface area contributed by atoms with Gasteiger partial charge >= 0.3 is 0 Å². The van der Waals surface area contributed by atoms with Crippen LogP contribution in [0.1, 0.15) is 26.7 Å². The smallest absolute Gasteiger partial charge is 0.242 e. The maximum Gasteiger partial charge on any atom is 0.242 e. The van der Waals surface area contributed by atoms with Crippen molar-refractivity contribution in [3.63, 3.8) is 0 Å². The molecule has 0 spiro atoms. The third kappa shape index (κ3) is 3.27. The molecular weight excluding hydrogens is 242 g/mol. The minimum atomic E-state index is -0.431. The van der Waals surface area contributed by atoms with Crippen LogP contribution in [0.5, 0.6) is 0 Å². The summed E-state index contributed by atoms with van der Waals surface area (Å²) in [4.78, 5) is 16.7. The van der Waals surface area contributed by atoms with Crippen molar-refractivity contribution in [3.8, 4) is 0 Å². The van der Waals surface area contributed by atoms with Gasteiger partial charge in [-0.1, -0.05) is 0 Å². The minimum absolute atomic E-state index is 0.144. The Morgan fingerprint density at radius 2 is 1.95 bits per heavy atom. The zero-order valence-electron chi connectivity index (χ0n) is 12.4. The average molecular weight is 269 g/mol. The molecule has 0 radical (unpaired) electrons. The molecule has 0 aromatic rings. The van der Waals surface area contributed by atoms with Crippen LogP contribution in [0.4, 0.5) is 0 Å². The number of piperazine rings is 1. The number of hydrogen-bond donors (Lipinski definition) is 2. The van der Waals surface area contributed by atoms with Crippen molar-refractivity contribution in [2.45, 2.75) is 38.3 Å². The number of carbonyl (C=O) groups excluding carboxylic acids is 1. The third-order valence-electron chi connectivity index (χ3n) is 4.52. The molecule has 0 atom stereocenters. The normalized spacial score (nSPS) is 28.8. The second-order valence-electron chi connectivity index (χ2n) is 6.47. The lowest BCUT2D eigenvalue weighted by Crippen LogP contribution is -2.60. The average Bonchev–Trinajstić information content (AvgIpc) is 2.37. The summed E-state index contributed by atoms with van der Waals surface area (Å²) in [7, 11) is 1.89. The molecule has 0 aromatic heterocycles. The van der Waals surface area contributed by atoms with Crippen molar-refractivity contribution < 1.29 is 9.90 Å². The van der Waals surface area contributed by atoms with Gasteiger partial charge in [0.25, 0.3) is 0 Å². The van der Waals surface area contributed by atoms with Gasteiger partial charge in [-0.05, 0) is 32.6 Å². The molecule has 110 valence electrons. The van der Waals surface area contributed by atoms with E-state index in [-0.39, 0.29) is 12.0 Å². The molecule has 5 heteroatoms. The van der Waals surface area contributed by atoms with Crippen LogP contribution in [0.15, 0.2) is 0 Å². The number of amides is 1. The van der Waals surface area contributed by atoms with Gasteiger partial charge in [0.05, 0.1) is 11.6 Å². The monoisotopic (exact) mass is 269 g/mol. The lowest BCUT2D eigenvalue weighted by atomic mass is 9.82. The second-order valence-corrected chi connectivity index (χ2v) is 6.47. The quantitative estimate of drug-likeness (QED) is 0.748. The first-order valence-corrected chi connectivity index (χ1v) is 7.30. The zero-order chi connectivity index (χ0) is 14.0. The Balaban J connectivity index is 1.88. The molecule has 1 heterocycles. The molecule has 2 rings (SSSR count). The van der Waals surface area contributed by atoms with E-state index in [0.29, 0.717) is 5.92 Å². The predicted octanol–water partition coefficient (Wildman–Crippen LogP) is -0.100. The minimum Gasteiger partial charge on any atom is -0.393 e. The highest BCUT2D eigenvalue weighted by Crippen LogP contribution is 2.28. The van der Waals surface area contributed by atoms with Crippen LogP contribution in [0.25, 0.3) is 0 Å². The van der Waals surface area contributed by atoms with Gasteiger partial charge in [0.2, 0.25) is 5.91 Å². The van der Waals surface area contributed by atoms with Gasteiger partial charge in [-0.15, -0.1) is 0 Å². The van der Waals surface area contributed by atoms with Crippen molar-refractivity contribution in [1.29, 1.82) is 0 Å². The first kappa shape index (κ1) is 14.8. The summed E-state index contributed by atoms with van der Waals surface area (Å²) in [6.45, 7) is 8.57. The zero-order valence-corrected chi connectivity index (χ0v) is 12.4. The lowest BCUT2D eigenvalue weighted by molar-refractivity contribution is -0.143. The third-order valence-corrected chi connectivity index (χ3v) is 4.52. The molecule has 2 aliphatic rings. The van der Waals surface area contributed by atoms with E-state index in [1.54, 1.807) is 0 Å². The summed E-state index contributed by atoms with van der Waals surface area (Å²) in [6, 6.07) is 0. The van der Waals surface area contributed by atoms with E-state index in [0.717, 1.165) is 45.6 Å². The highest BCUT2D eigenvalue weighted by atomic mass is 16.3. The first-order chi connectivity index (χ1) is 8.91. The van der Waals surface area contributed by atoms with Crippen LogP contribution in [0.2, 0.25) is 0 Å². The molecule has 0 aromatic carbocycles. The number of nitrogens with zero attached hydrogens (tertiary/aromatic N) is 2. The fraction of sp³-hybridized carbons (Fsp3) is 0.929. The van der Waals surface area contributed by atoms with Crippen molar-refractivity contribution in [2.75, 3.05) is 39.8 Å². The fourth-order valence-electron chi connectivity index (χ4n) is 3.15. The maximum atomic E-state index is 12.6. The highest BCUT2D eigenvalue weighted by molar-refractivity contribution is 5.85. The molecule has 5 nitrogen and oxygen atoms in total. The Morgan fingerprint density at radius 1 is 1.37 bits per heavy atom. The Bertz CT molecular complexity index is 321. The number of carbonyl (C=O) groups is 1. The molecule has 0 bridgehead atoms. The summed E-state index contributed by atoms with van der Waals surface area (Å²) in [5.41, 5.74) is -0.431. The molecule has 1 aliphatic heterocycles. The lowest BCUT2D eigenvalue weighted by Gasteiger charge is -2.43. The molecule has 1 saturated carbocycles. The van der Waals surface area contributed by atoms with Gasteiger partial charge in [0.1, 0.15) is 0 Å². The number of aliphatic hydroxyl groups is 1. The Labute approximate surface area is 115 Å². The van der Waals surface area contributed by atoms with Gasteiger partial charge in [-0.2, -0.15) is 0 Å². The topological polar surface area (TPSA) is 55.8 Å². The fourth-order valence-corrected chi connectivity index (χ4v) is 3.15. The maximum absolute atomic E-state index is 12.6. The van der Waals surface area contributed by atoms with E-state index < -0.39 is 5.54 Å². The van der Waals surface area contributed by atoms with Gasteiger partial charge in [-0.25, -0.2) is 0 Å². The summed E-state index contributed by atoms with van der Waals surface area (Å²) < 4.78 is 0. The van der Waals surface area contributed by atoms with Crippen molar-refractivity contribution in [1.82, 2.24) is 15.1 Å². The van der Waals surface area contributed by atoms with E-state index in [2.05, 4.69) is 10.2 Å². The standard InChI is InChI=1S/C14H27N3O2/c1-14(2,17-6-4-15-5-7-17)13(19)16(3)10-11-8-12(18)9-11/h11-12,15,18H,4-10H2,1-3H3. The largest absolute Gasteiger partial charge is 0.393 e. The van der Waals surface area contributed by atoms with Crippen LogP contribution >= 0.6 is 0 Å². The van der Waals surface area contributed by atoms with E-state index in [1.807, 2.05) is 25.8 Å². The number of likely N-dealkylation sites (N-methyl/N-ethyl adjacent to an activating group) is 1. The van der Waals surface area contributed by atoms with Crippen LogP contribution in [-0.4, -0.2) is 72.2 Å². The van der Waals surface area contributed by atoms with Crippen LogP contribution in [-0.2, 0) is 4.79 Å². The SMILES string of the molecule is CN(CC1CC(O)C1)C(=O)C(C)(C)N1CCNCC1. The van der Waals surface area contributed by atoms with E-state index in [1.165, 1.54) is 0 Å². The van der Waals surface area contributed by atoms with Gasteiger partial charge < -0.3 is 15.3 Å². The summed E-state index contributed by atoms with van der Waals surface area (Å²) in [6.07, 6.45) is 1.53.